The van der Waals surface area contributed by atoms with E-state index in [9.17, 15) is 14.0 Å². The van der Waals surface area contributed by atoms with Crippen molar-refractivity contribution in [3.05, 3.63) is 101 Å². The maximum absolute atomic E-state index is 13.4. The van der Waals surface area contributed by atoms with Crippen LogP contribution in [0.2, 0.25) is 5.02 Å². The normalized spacial score (nSPS) is 13.7. The molecule has 5 rings (SSSR count). The first-order valence-electron chi connectivity index (χ1n) is 11.2. The molecule has 0 spiro atoms. The second-order valence-corrected chi connectivity index (χ2v) is 8.56. The summed E-state index contributed by atoms with van der Waals surface area (Å²) in [5, 5.41) is 0.0725. The molecule has 35 heavy (non-hydrogen) atoms. The standard InChI is InChI=1S/C27H21ClFN3O3/c28-23-16-19(29)10-11-22(23)27(34)32-14-12-31(13-15-32)26(33)21-9-5-4-8-20(21)25-30-17-24(35-25)18-6-2-1-3-7-18/h1-11,16-17H,12-15H2. The average molecular weight is 490 g/mol. The van der Waals surface area contributed by atoms with Gasteiger partial charge in [0.15, 0.2) is 5.76 Å². The predicted molar refractivity (Wildman–Crippen MR) is 131 cm³/mol. The molecule has 0 N–H and O–H groups in total. The lowest BCUT2D eigenvalue weighted by molar-refractivity contribution is 0.0536. The van der Waals surface area contributed by atoms with Crippen LogP contribution >= 0.6 is 11.6 Å². The van der Waals surface area contributed by atoms with Gasteiger partial charge in [0.05, 0.1) is 22.3 Å². The summed E-state index contributed by atoms with van der Waals surface area (Å²) >= 11 is 6.05. The van der Waals surface area contributed by atoms with Gasteiger partial charge in [0, 0.05) is 37.3 Å². The van der Waals surface area contributed by atoms with Crippen LogP contribution in [0.1, 0.15) is 20.7 Å². The minimum Gasteiger partial charge on any atom is -0.436 e. The van der Waals surface area contributed by atoms with E-state index in [1.54, 1.807) is 28.1 Å². The first-order chi connectivity index (χ1) is 17.0. The van der Waals surface area contributed by atoms with Crippen LogP contribution < -0.4 is 0 Å². The van der Waals surface area contributed by atoms with Gasteiger partial charge in [-0.2, -0.15) is 0 Å². The van der Waals surface area contributed by atoms with Gasteiger partial charge in [-0.05, 0) is 30.3 Å². The highest BCUT2D eigenvalue weighted by molar-refractivity contribution is 6.33. The zero-order chi connectivity index (χ0) is 24.4. The zero-order valence-electron chi connectivity index (χ0n) is 18.7. The molecule has 4 aromatic rings. The fourth-order valence-electron chi connectivity index (χ4n) is 4.11. The van der Waals surface area contributed by atoms with E-state index in [-0.39, 0.29) is 22.4 Å². The SMILES string of the molecule is O=C(c1ccc(F)cc1Cl)N1CCN(C(=O)c2ccccc2-c2ncc(-c3ccccc3)o2)CC1. The van der Waals surface area contributed by atoms with Gasteiger partial charge in [0.1, 0.15) is 5.82 Å². The molecule has 0 unspecified atom stereocenters. The van der Waals surface area contributed by atoms with Crippen molar-refractivity contribution in [1.82, 2.24) is 14.8 Å². The molecule has 1 fully saturated rings. The smallest absolute Gasteiger partial charge is 0.255 e. The average Bonchev–Trinajstić information content (AvgIpc) is 3.39. The molecule has 0 aliphatic carbocycles. The van der Waals surface area contributed by atoms with E-state index < -0.39 is 5.82 Å². The number of hydrogen-bond donors (Lipinski definition) is 0. The molecule has 2 heterocycles. The Hall–Kier alpha value is -3.97. The highest BCUT2D eigenvalue weighted by Crippen LogP contribution is 2.29. The summed E-state index contributed by atoms with van der Waals surface area (Å²) in [5.41, 5.74) is 2.24. The first kappa shape index (κ1) is 22.8. The van der Waals surface area contributed by atoms with Crippen molar-refractivity contribution in [3.63, 3.8) is 0 Å². The molecule has 1 aromatic heterocycles. The van der Waals surface area contributed by atoms with Crippen molar-refractivity contribution >= 4 is 23.4 Å². The molecular formula is C27H21ClFN3O3. The summed E-state index contributed by atoms with van der Waals surface area (Å²) in [6.45, 7) is 1.41. The van der Waals surface area contributed by atoms with Crippen molar-refractivity contribution in [2.75, 3.05) is 26.2 Å². The monoisotopic (exact) mass is 489 g/mol. The molecule has 0 bridgehead atoms. The second kappa shape index (κ2) is 9.72. The quantitative estimate of drug-likeness (QED) is 0.385. The van der Waals surface area contributed by atoms with Crippen molar-refractivity contribution in [2.45, 2.75) is 0 Å². The number of amides is 2. The van der Waals surface area contributed by atoms with Crippen LogP contribution in [0.3, 0.4) is 0 Å². The third-order valence-electron chi connectivity index (χ3n) is 5.97. The Kier molecular flexibility index (Phi) is 6.33. The van der Waals surface area contributed by atoms with Crippen LogP contribution in [0, 0.1) is 5.82 Å². The van der Waals surface area contributed by atoms with Crippen molar-refractivity contribution in [3.8, 4) is 22.8 Å². The molecule has 8 heteroatoms. The third kappa shape index (κ3) is 4.68. The lowest BCUT2D eigenvalue weighted by Gasteiger charge is -2.35. The van der Waals surface area contributed by atoms with Crippen molar-refractivity contribution in [1.29, 1.82) is 0 Å². The molecule has 176 valence electrons. The number of piperazine rings is 1. The van der Waals surface area contributed by atoms with Gasteiger partial charge in [-0.15, -0.1) is 0 Å². The summed E-state index contributed by atoms with van der Waals surface area (Å²) < 4.78 is 19.3. The number of halogens is 2. The lowest BCUT2D eigenvalue weighted by atomic mass is 10.1. The molecule has 1 aliphatic rings. The summed E-state index contributed by atoms with van der Waals surface area (Å²) in [6, 6.07) is 20.5. The Balaban J connectivity index is 1.31. The fraction of sp³-hybridized carbons (Fsp3) is 0.148. The zero-order valence-corrected chi connectivity index (χ0v) is 19.4. The van der Waals surface area contributed by atoms with Gasteiger partial charge in [-0.1, -0.05) is 54.1 Å². The van der Waals surface area contributed by atoms with E-state index in [0.717, 1.165) is 11.6 Å². The van der Waals surface area contributed by atoms with Crippen LogP contribution in [0.5, 0.6) is 0 Å². The summed E-state index contributed by atoms with van der Waals surface area (Å²) in [5.74, 6) is 0.0484. The van der Waals surface area contributed by atoms with Crippen LogP contribution in [0.4, 0.5) is 4.39 Å². The molecule has 1 saturated heterocycles. The summed E-state index contributed by atoms with van der Waals surface area (Å²) in [7, 11) is 0. The summed E-state index contributed by atoms with van der Waals surface area (Å²) in [4.78, 5) is 34.0. The highest BCUT2D eigenvalue weighted by Gasteiger charge is 2.28. The Bertz CT molecular complexity index is 1380. The van der Waals surface area contributed by atoms with Crippen LogP contribution in [-0.2, 0) is 0 Å². The van der Waals surface area contributed by atoms with Crippen LogP contribution in [-0.4, -0.2) is 52.8 Å². The van der Waals surface area contributed by atoms with E-state index in [0.29, 0.717) is 49.0 Å². The van der Waals surface area contributed by atoms with Crippen LogP contribution in [0.15, 0.2) is 83.4 Å². The van der Waals surface area contributed by atoms with Crippen molar-refractivity contribution < 1.29 is 18.4 Å². The molecule has 6 nitrogen and oxygen atoms in total. The van der Waals surface area contributed by atoms with Gasteiger partial charge in [-0.25, -0.2) is 9.37 Å². The molecule has 0 saturated carbocycles. The molecule has 0 atom stereocenters. The van der Waals surface area contributed by atoms with Gasteiger partial charge in [-0.3, -0.25) is 9.59 Å². The third-order valence-corrected chi connectivity index (χ3v) is 6.28. The highest BCUT2D eigenvalue weighted by atomic mass is 35.5. The van der Waals surface area contributed by atoms with Gasteiger partial charge in [0.2, 0.25) is 5.89 Å². The Morgan fingerprint density at radius 3 is 2.14 bits per heavy atom. The Morgan fingerprint density at radius 2 is 1.46 bits per heavy atom. The molecule has 3 aromatic carbocycles. The number of carbonyl (C=O) groups is 2. The molecular weight excluding hydrogens is 469 g/mol. The van der Waals surface area contributed by atoms with E-state index in [4.69, 9.17) is 16.0 Å². The van der Waals surface area contributed by atoms with Crippen molar-refractivity contribution in [2.24, 2.45) is 0 Å². The second-order valence-electron chi connectivity index (χ2n) is 8.15. The van der Waals surface area contributed by atoms with Gasteiger partial charge >= 0.3 is 0 Å². The first-order valence-corrected chi connectivity index (χ1v) is 11.5. The van der Waals surface area contributed by atoms with Gasteiger partial charge < -0.3 is 14.2 Å². The predicted octanol–water partition coefficient (Wildman–Crippen LogP) is 5.40. The number of oxazole rings is 1. The summed E-state index contributed by atoms with van der Waals surface area (Å²) in [6.07, 6.45) is 1.65. The lowest BCUT2D eigenvalue weighted by Crippen LogP contribution is -2.50. The van der Waals surface area contributed by atoms with E-state index in [1.807, 2.05) is 42.5 Å². The largest absolute Gasteiger partial charge is 0.436 e. The number of benzene rings is 3. The number of hydrogen-bond acceptors (Lipinski definition) is 4. The maximum Gasteiger partial charge on any atom is 0.255 e. The Morgan fingerprint density at radius 1 is 0.829 bits per heavy atom. The molecule has 0 radical (unpaired) electrons. The molecule has 1 aliphatic heterocycles. The number of rotatable bonds is 4. The number of carbonyl (C=O) groups excluding carboxylic acids is 2. The molecule has 2 amide bonds. The van der Waals surface area contributed by atoms with Crippen LogP contribution in [0.25, 0.3) is 22.8 Å². The Labute approximate surface area is 206 Å². The number of nitrogens with zero attached hydrogens (tertiary/aromatic N) is 3. The van der Waals surface area contributed by atoms with Gasteiger partial charge in [0.25, 0.3) is 11.8 Å². The minimum absolute atomic E-state index is 0.0725. The maximum atomic E-state index is 13.4. The van der Waals surface area contributed by atoms with E-state index in [1.165, 1.54) is 12.1 Å². The fourth-order valence-corrected chi connectivity index (χ4v) is 4.35. The topological polar surface area (TPSA) is 66.7 Å². The number of aromatic nitrogens is 1. The minimum atomic E-state index is -0.498. The van der Waals surface area contributed by atoms with E-state index >= 15 is 0 Å². The van der Waals surface area contributed by atoms with E-state index in [2.05, 4.69) is 4.98 Å².